The molecule has 1 unspecified atom stereocenters. The van der Waals surface area contributed by atoms with Crippen molar-refractivity contribution in [3.63, 3.8) is 0 Å². The molecule has 0 radical (unpaired) electrons. The smallest absolute Gasteiger partial charge is 0.324 e. The minimum atomic E-state index is -3.68. The van der Waals surface area contributed by atoms with E-state index in [9.17, 15) is 18.0 Å². The number of halogens is 5. The molecular formula is C28H17F5N2O2S. The maximum Gasteiger partial charge on any atom is 0.324 e. The first-order chi connectivity index (χ1) is 18.2. The largest absolute Gasteiger partial charge is 0.357 e. The Balaban J connectivity index is 1.25. The van der Waals surface area contributed by atoms with Gasteiger partial charge in [-0.15, -0.1) is 11.3 Å². The molecule has 2 aromatic heterocycles. The number of amides is 1. The molecule has 0 bridgehead atoms. The lowest BCUT2D eigenvalue weighted by Crippen LogP contribution is -2.34. The van der Waals surface area contributed by atoms with Gasteiger partial charge in [-0.05, 0) is 54.1 Å². The second-order valence-corrected chi connectivity index (χ2v) is 9.55. The fourth-order valence-corrected chi connectivity index (χ4v) is 4.56. The Kier molecular flexibility index (Phi) is 6.73. The Morgan fingerprint density at radius 3 is 2.39 bits per heavy atom. The van der Waals surface area contributed by atoms with E-state index in [1.54, 1.807) is 24.3 Å². The van der Waals surface area contributed by atoms with Crippen LogP contribution in [0.5, 0.6) is 0 Å². The van der Waals surface area contributed by atoms with Crippen LogP contribution in [0.2, 0.25) is 0 Å². The average molecular weight is 541 g/mol. The number of pyridine rings is 1. The number of nitrogens with one attached hydrogen (secondary N) is 1. The number of alkyl halides is 2. The summed E-state index contributed by atoms with van der Waals surface area (Å²) in [6, 6.07) is 13.9. The molecule has 4 aromatic rings. The molecule has 0 spiro atoms. The maximum atomic E-state index is 15.3. The van der Waals surface area contributed by atoms with Gasteiger partial charge in [0.2, 0.25) is 0 Å². The van der Waals surface area contributed by atoms with Crippen LogP contribution in [-0.4, -0.2) is 17.5 Å². The van der Waals surface area contributed by atoms with Crippen molar-refractivity contribution < 1.29 is 31.5 Å². The number of nitrogens with zero attached hydrogens (tertiary/aromatic N) is 1. The number of ether oxygens (including phenoxy) is 1. The summed E-state index contributed by atoms with van der Waals surface area (Å²) >= 11 is 1.15. The molecule has 0 saturated carbocycles. The molecule has 4 nitrogen and oxygen atoms in total. The van der Waals surface area contributed by atoms with Crippen molar-refractivity contribution in [1.82, 2.24) is 10.3 Å². The molecule has 1 fully saturated rings. The predicted molar refractivity (Wildman–Crippen MR) is 130 cm³/mol. The highest BCUT2D eigenvalue weighted by Gasteiger charge is 2.68. The van der Waals surface area contributed by atoms with Crippen LogP contribution in [0, 0.1) is 29.3 Å². The molecule has 1 atom stereocenters. The van der Waals surface area contributed by atoms with Gasteiger partial charge in [0.1, 0.15) is 23.1 Å². The highest BCUT2D eigenvalue weighted by molar-refractivity contribution is 7.14. The second kappa shape index (κ2) is 10.0. The molecule has 5 rings (SSSR count). The molecule has 1 aliphatic rings. The standard InChI is InChI=1S/C28H17F5N2O2S/c29-19-5-1-17(2-6-19)15-35-26(36)24-11-9-21(38-24)8-3-18-4-12-25(34-14-18)28(32,33)27(16-37-27)22-10-7-20(30)13-23(22)31/h1-2,4-7,9-14H,15-16H2,(H,35,36). The molecule has 3 heterocycles. The third-order valence-electron chi connectivity index (χ3n) is 5.92. The van der Waals surface area contributed by atoms with Gasteiger partial charge in [0.25, 0.3) is 5.91 Å². The van der Waals surface area contributed by atoms with Crippen LogP contribution >= 0.6 is 11.3 Å². The van der Waals surface area contributed by atoms with Crippen LogP contribution in [0.25, 0.3) is 0 Å². The number of carbonyl (C=O) groups excluding carboxylic acids is 1. The van der Waals surface area contributed by atoms with Crippen molar-refractivity contribution in [1.29, 1.82) is 0 Å². The van der Waals surface area contributed by atoms with E-state index in [0.717, 1.165) is 41.3 Å². The van der Waals surface area contributed by atoms with E-state index >= 15 is 8.78 Å². The third kappa shape index (κ3) is 5.03. The van der Waals surface area contributed by atoms with E-state index in [1.165, 1.54) is 18.2 Å². The van der Waals surface area contributed by atoms with Gasteiger partial charge in [-0.2, -0.15) is 8.78 Å². The lowest BCUT2D eigenvalue weighted by molar-refractivity contribution is -0.0901. The number of rotatable bonds is 6. The quantitative estimate of drug-likeness (QED) is 0.188. The molecule has 10 heteroatoms. The van der Waals surface area contributed by atoms with Gasteiger partial charge in [-0.3, -0.25) is 9.78 Å². The SMILES string of the molecule is O=C(NCc1ccc(F)cc1)c1ccc(C#Cc2ccc(C(F)(F)C3(c4ccc(F)cc4F)CO3)nc2)s1. The Hall–Kier alpha value is -4.07. The minimum Gasteiger partial charge on any atom is -0.357 e. The molecule has 1 amide bonds. The van der Waals surface area contributed by atoms with E-state index in [2.05, 4.69) is 22.1 Å². The summed E-state index contributed by atoms with van der Waals surface area (Å²) in [7, 11) is 0. The monoisotopic (exact) mass is 540 g/mol. The van der Waals surface area contributed by atoms with Crippen molar-refractivity contribution in [3.8, 4) is 11.8 Å². The Morgan fingerprint density at radius 2 is 1.74 bits per heavy atom. The van der Waals surface area contributed by atoms with E-state index in [0.29, 0.717) is 21.4 Å². The first-order valence-electron chi connectivity index (χ1n) is 11.3. The lowest BCUT2D eigenvalue weighted by atomic mass is 9.90. The summed E-state index contributed by atoms with van der Waals surface area (Å²) in [5.74, 6) is -0.676. The molecule has 0 aliphatic carbocycles. The molecule has 192 valence electrons. The first-order valence-corrected chi connectivity index (χ1v) is 12.1. The Bertz CT molecular complexity index is 1550. The summed E-state index contributed by atoms with van der Waals surface area (Å²) in [4.78, 5) is 17.2. The third-order valence-corrected chi connectivity index (χ3v) is 6.92. The van der Waals surface area contributed by atoms with Crippen LogP contribution in [0.1, 0.15) is 36.9 Å². The maximum absolute atomic E-state index is 15.3. The van der Waals surface area contributed by atoms with Gasteiger partial charge >= 0.3 is 5.92 Å². The normalized spacial score (nSPS) is 16.4. The van der Waals surface area contributed by atoms with Crippen LogP contribution in [0.15, 0.2) is 72.9 Å². The number of carbonyl (C=O) groups is 1. The highest BCUT2D eigenvalue weighted by Crippen LogP contribution is 2.56. The number of epoxide rings is 1. The van der Waals surface area contributed by atoms with Crippen molar-refractivity contribution in [2.75, 3.05) is 6.61 Å². The van der Waals surface area contributed by atoms with Crippen LogP contribution in [0.4, 0.5) is 22.0 Å². The summed E-state index contributed by atoms with van der Waals surface area (Å²) < 4.78 is 76.0. The lowest BCUT2D eigenvalue weighted by Gasteiger charge is -2.24. The Labute approximate surface area is 218 Å². The van der Waals surface area contributed by atoms with E-state index in [-0.39, 0.29) is 18.3 Å². The number of hydrogen-bond acceptors (Lipinski definition) is 4. The molecule has 1 N–H and O–H groups in total. The number of aromatic nitrogens is 1. The summed E-state index contributed by atoms with van der Waals surface area (Å²) in [6.07, 6.45) is 1.16. The van der Waals surface area contributed by atoms with Crippen molar-refractivity contribution in [3.05, 3.63) is 123 Å². The highest BCUT2D eigenvalue weighted by atomic mass is 32.1. The summed E-state index contributed by atoms with van der Waals surface area (Å²) in [5.41, 5.74) is -2.24. The zero-order valence-electron chi connectivity index (χ0n) is 19.4. The van der Waals surface area contributed by atoms with Crippen LogP contribution in [0.3, 0.4) is 0 Å². The molecule has 1 saturated heterocycles. The van der Waals surface area contributed by atoms with Crippen molar-refractivity contribution in [2.24, 2.45) is 0 Å². The zero-order valence-corrected chi connectivity index (χ0v) is 20.2. The van der Waals surface area contributed by atoms with Crippen molar-refractivity contribution in [2.45, 2.75) is 18.1 Å². The van der Waals surface area contributed by atoms with Crippen molar-refractivity contribution >= 4 is 17.2 Å². The zero-order chi connectivity index (χ0) is 26.9. The van der Waals surface area contributed by atoms with Gasteiger partial charge in [0.15, 0.2) is 5.60 Å². The molecule has 38 heavy (non-hydrogen) atoms. The van der Waals surface area contributed by atoms with Crippen LogP contribution < -0.4 is 5.32 Å². The van der Waals surface area contributed by atoms with Gasteiger partial charge in [0, 0.05) is 29.9 Å². The molecule has 1 aliphatic heterocycles. The fraction of sp³-hybridized carbons (Fsp3) is 0.143. The van der Waals surface area contributed by atoms with Gasteiger partial charge < -0.3 is 10.1 Å². The molecular weight excluding hydrogens is 523 g/mol. The Morgan fingerprint density at radius 1 is 1.00 bits per heavy atom. The summed E-state index contributed by atoms with van der Waals surface area (Å²) in [6.45, 7) is -0.204. The van der Waals surface area contributed by atoms with E-state index < -0.39 is 41.0 Å². The topological polar surface area (TPSA) is 54.5 Å². The average Bonchev–Trinajstić information content (AvgIpc) is 3.58. The van der Waals surface area contributed by atoms with Gasteiger partial charge in [-0.1, -0.05) is 24.0 Å². The van der Waals surface area contributed by atoms with Crippen LogP contribution in [-0.2, 0) is 22.8 Å². The van der Waals surface area contributed by atoms with Gasteiger partial charge in [-0.25, -0.2) is 13.2 Å². The summed E-state index contributed by atoms with van der Waals surface area (Å²) in [5, 5.41) is 2.74. The number of hydrogen-bond donors (Lipinski definition) is 1. The first kappa shape index (κ1) is 25.6. The number of thiophene rings is 1. The predicted octanol–water partition coefficient (Wildman–Crippen LogP) is 5.91. The fourth-order valence-electron chi connectivity index (χ4n) is 3.79. The minimum absolute atomic E-state index is 0.237. The number of benzene rings is 2. The van der Waals surface area contributed by atoms with E-state index in [1.807, 2.05) is 0 Å². The molecule has 2 aromatic carbocycles. The van der Waals surface area contributed by atoms with E-state index in [4.69, 9.17) is 4.74 Å². The second-order valence-electron chi connectivity index (χ2n) is 8.47. The van der Waals surface area contributed by atoms with Gasteiger partial charge in [0.05, 0.1) is 16.4 Å².